The molecule has 0 atom stereocenters. The molecule has 3 rings (SSSR count). The van der Waals surface area contributed by atoms with Gasteiger partial charge in [0, 0.05) is 11.1 Å². The summed E-state index contributed by atoms with van der Waals surface area (Å²) in [6.45, 7) is 1.71. The molecule has 0 fully saturated rings. The summed E-state index contributed by atoms with van der Waals surface area (Å²) in [7, 11) is 0. The Morgan fingerprint density at radius 2 is 1.69 bits per heavy atom. The second kappa shape index (κ2) is 7.56. The molecule has 1 aliphatic rings. The zero-order chi connectivity index (χ0) is 18.5. The van der Waals surface area contributed by atoms with Crippen LogP contribution in [0.2, 0.25) is 0 Å². The van der Waals surface area contributed by atoms with Gasteiger partial charge in [0.25, 0.3) is 17.7 Å². The number of rotatable bonds is 4. The lowest BCUT2D eigenvalue weighted by molar-refractivity contribution is -0.120. The first-order valence-electron chi connectivity index (χ1n) is 7.86. The van der Waals surface area contributed by atoms with E-state index in [1.165, 1.54) is 6.07 Å². The fraction of sp³-hybridized carbons (Fsp3) is 0.167. The lowest BCUT2D eigenvalue weighted by atomic mass is 10.1. The van der Waals surface area contributed by atoms with E-state index in [0.717, 1.165) is 5.56 Å². The van der Waals surface area contributed by atoms with Gasteiger partial charge in [0.2, 0.25) is 6.79 Å². The van der Waals surface area contributed by atoms with Crippen molar-refractivity contribution in [1.82, 2.24) is 16.2 Å². The van der Waals surface area contributed by atoms with Crippen molar-refractivity contribution >= 4 is 17.7 Å². The molecule has 2 aromatic rings. The van der Waals surface area contributed by atoms with Crippen LogP contribution in [0.5, 0.6) is 11.5 Å². The number of hydrogen-bond acceptors (Lipinski definition) is 5. The fourth-order valence-electron chi connectivity index (χ4n) is 2.33. The van der Waals surface area contributed by atoms with Crippen molar-refractivity contribution in [3.05, 3.63) is 59.2 Å². The third kappa shape index (κ3) is 4.10. The number of carbonyl (C=O) groups excluding carboxylic acids is 3. The van der Waals surface area contributed by atoms with Crippen LogP contribution in [0, 0.1) is 6.92 Å². The molecular formula is C18H17N3O5. The number of aryl methyl sites for hydroxylation is 1. The second-order valence-electron chi connectivity index (χ2n) is 5.62. The molecule has 2 aromatic carbocycles. The second-order valence-corrected chi connectivity index (χ2v) is 5.62. The molecule has 0 saturated carbocycles. The van der Waals surface area contributed by atoms with Gasteiger partial charge < -0.3 is 14.8 Å². The van der Waals surface area contributed by atoms with Crippen LogP contribution < -0.4 is 25.6 Å². The molecule has 3 amide bonds. The minimum absolute atomic E-state index is 0.109. The Labute approximate surface area is 149 Å². The minimum Gasteiger partial charge on any atom is -0.454 e. The van der Waals surface area contributed by atoms with Gasteiger partial charge in [-0.2, -0.15) is 0 Å². The summed E-state index contributed by atoms with van der Waals surface area (Å²) in [6, 6.07) is 11.7. The Morgan fingerprint density at radius 1 is 0.923 bits per heavy atom. The zero-order valence-electron chi connectivity index (χ0n) is 14.0. The summed E-state index contributed by atoms with van der Waals surface area (Å²) >= 11 is 0. The molecule has 0 aromatic heterocycles. The van der Waals surface area contributed by atoms with E-state index in [1.807, 2.05) is 13.0 Å². The number of hydrazine groups is 1. The van der Waals surface area contributed by atoms with Crippen molar-refractivity contribution in [2.45, 2.75) is 6.92 Å². The fourth-order valence-corrected chi connectivity index (χ4v) is 2.33. The summed E-state index contributed by atoms with van der Waals surface area (Å²) in [6.07, 6.45) is 0. The first-order chi connectivity index (χ1) is 12.5. The molecule has 8 nitrogen and oxygen atoms in total. The Balaban J connectivity index is 1.46. The van der Waals surface area contributed by atoms with E-state index >= 15 is 0 Å². The van der Waals surface area contributed by atoms with Crippen molar-refractivity contribution in [2.24, 2.45) is 0 Å². The van der Waals surface area contributed by atoms with Crippen LogP contribution in [0.25, 0.3) is 0 Å². The normalized spacial score (nSPS) is 11.6. The molecule has 1 aliphatic heterocycles. The van der Waals surface area contributed by atoms with E-state index in [0.29, 0.717) is 22.6 Å². The highest BCUT2D eigenvalue weighted by molar-refractivity contribution is 5.98. The van der Waals surface area contributed by atoms with E-state index in [2.05, 4.69) is 16.2 Å². The smallest absolute Gasteiger partial charge is 0.269 e. The van der Waals surface area contributed by atoms with E-state index in [1.54, 1.807) is 30.3 Å². The van der Waals surface area contributed by atoms with Crippen molar-refractivity contribution < 1.29 is 23.9 Å². The van der Waals surface area contributed by atoms with Crippen LogP contribution in [-0.4, -0.2) is 31.1 Å². The first kappa shape index (κ1) is 17.3. The van der Waals surface area contributed by atoms with Gasteiger partial charge in [0.15, 0.2) is 11.5 Å². The molecule has 0 bridgehead atoms. The van der Waals surface area contributed by atoms with E-state index < -0.39 is 11.8 Å². The number of fused-ring (bicyclic) bond motifs is 1. The maximum absolute atomic E-state index is 12.0. The molecule has 134 valence electrons. The average molecular weight is 355 g/mol. The molecule has 1 heterocycles. The molecule has 0 radical (unpaired) electrons. The summed E-state index contributed by atoms with van der Waals surface area (Å²) in [5.74, 6) is -0.411. The van der Waals surface area contributed by atoms with Gasteiger partial charge in [-0.1, -0.05) is 17.7 Å². The number of nitrogens with one attached hydrogen (secondary N) is 3. The van der Waals surface area contributed by atoms with Gasteiger partial charge in [-0.05, 0) is 37.3 Å². The van der Waals surface area contributed by atoms with Gasteiger partial charge in [-0.15, -0.1) is 0 Å². The third-order valence-corrected chi connectivity index (χ3v) is 3.64. The molecular weight excluding hydrogens is 338 g/mol. The lowest BCUT2D eigenvalue weighted by Crippen LogP contribution is -2.46. The van der Waals surface area contributed by atoms with Gasteiger partial charge in [0.05, 0.1) is 6.54 Å². The molecule has 0 aliphatic carbocycles. The number of ether oxygens (including phenoxy) is 2. The van der Waals surface area contributed by atoms with Crippen LogP contribution >= 0.6 is 0 Å². The van der Waals surface area contributed by atoms with E-state index in [-0.39, 0.29) is 19.2 Å². The molecule has 0 unspecified atom stereocenters. The van der Waals surface area contributed by atoms with E-state index in [4.69, 9.17) is 9.47 Å². The molecule has 3 N–H and O–H groups in total. The van der Waals surface area contributed by atoms with Crippen LogP contribution in [-0.2, 0) is 4.79 Å². The minimum atomic E-state index is -0.555. The van der Waals surface area contributed by atoms with Crippen molar-refractivity contribution in [3.8, 4) is 11.5 Å². The predicted octanol–water partition coefficient (Wildman–Crippen LogP) is 0.915. The quantitative estimate of drug-likeness (QED) is 0.707. The standard InChI is InChI=1S/C18H17N3O5/c1-11-3-2-4-12(7-11)17(23)19-9-16(22)20-21-18(24)13-5-6-14-15(8-13)26-10-25-14/h2-8H,9-10H2,1H3,(H,19,23)(H,20,22)(H,21,24). The van der Waals surface area contributed by atoms with Gasteiger partial charge in [-0.3, -0.25) is 25.2 Å². The van der Waals surface area contributed by atoms with Crippen molar-refractivity contribution in [3.63, 3.8) is 0 Å². The summed E-state index contributed by atoms with van der Waals surface area (Å²) in [5.41, 5.74) is 6.23. The average Bonchev–Trinajstić information content (AvgIpc) is 3.11. The molecule has 26 heavy (non-hydrogen) atoms. The summed E-state index contributed by atoms with van der Waals surface area (Å²) in [5, 5.41) is 2.48. The SMILES string of the molecule is Cc1cccc(C(=O)NCC(=O)NNC(=O)c2ccc3c(c2)OCO3)c1. The van der Waals surface area contributed by atoms with Crippen LogP contribution in [0.4, 0.5) is 0 Å². The molecule has 0 saturated heterocycles. The Kier molecular flexibility index (Phi) is 5.02. The van der Waals surface area contributed by atoms with Gasteiger partial charge in [0.1, 0.15) is 0 Å². The van der Waals surface area contributed by atoms with Gasteiger partial charge >= 0.3 is 0 Å². The van der Waals surface area contributed by atoms with Gasteiger partial charge in [-0.25, -0.2) is 0 Å². The summed E-state index contributed by atoms with van der Waals surface area (Å²) in [4.78, 5) is 35.8. The third-order valence-electron chi connectivity index (χ3n) is 3.64. The topological polar surface area (TPSA) is 106 Å². The molecule has 8 heteroatoms. The Bertz CT molecular complexity index is 866. The number of hydrogen-bond donors (Lipinski definition) is 3. The highest BCUT2D eigenvalue weighted by Crippen LogP contribution is 2.32. The van der Waals surface area contributed by atoms with Crippen LogP contribution in [0.15, 0.2) is 42.5 Å². The van der Waals surface area contributed by atoms with Crippen LogP contribution in [0.1, 0.15) is 26.3 Å². The van der Waals surface area contributed by atoms with Crippen molar-refractivity contribution in [2.75, 3.05) is 13.3 Å². The number of carbonyl (C=O) groups is 3. The van der Waals surface area contributed by atoms with E-state index in [9.17, 15) is 14.4 Å². The monoisotopic (exact) mass is 355 g/mol. The maximum Gasteiger partial charge on any atom is 0.269 e. The van der Waals surface area contributed by atoms with Crippen LogP contribution in [0.3, 0.4) is 0 Å². The lowest BCUT2D eigenvalue weighted by Gasteiger charge is -2.09. The Morgan fingerprint density at radius 3 is 2.50 bits per heavy atom. The number of amides is 3. The molecule has 0 spiro atoms. The summed E-state index contributed by atoms with van der Waals surface area (Å²) < 4.78 is 10.4. The maximum atomic E-state index is 12.0. The number of benzene rings is 2. The zero-order valence-corrected chi connectivity index (χ0v) is 14.0. The first-order valence-corrected chi connectivity index (χ1v) is 7.86. The largest absolute Gasteiger partial charge is 0.454 e. The highest BCUT2D eigenvalue weighted by atomic mass is 16.7. The highest BCUT2D eigenvalue weighted by Gasteiger charge is 2.16. The van der Waals surface area contributed by atoms with Crippen molar-refractivity contribution in [1.29, 1.82) is 0 Å². The Hall–Kier alpha value is -3.55. The predicted molar refractivity (Wildman–Crippen MR) is 91.7 cm³/mol.